The summed E-state index contributed by atoms with van der Waals surface area (Å²) in [5, 5.41) is 14.1. The minimum atomic E-state index is -1.23. The van der Waals surface area contributed by atoms with Crippen molar-refractivity contribution < 1.29 is 23.8 Å². The Morgan fingerprint density at radius 2 is 2.26 bits per heavy atom. The summed E-state index contributed by atoms with van der Waals surface area (Å²) in [6.07, 6.45) is -0.674. The van der Waals surface area contributed by atoms with Gasteiger partial charge in [0.15, 0.2) is 0 Å². The molecule has 0 spiro atoms. The van der Waals surface area contributed by atoms with Gasteiger partial charge >= 0.3 is 5.97 Å². The van der Waals surface area contributed by atoms with Crippen LogP contribution in [-0.2, 0) is 9.53 Å². The molecule has 1 aliphatic rings. The van der Waals surface area contributed by atoms with Gasteiger partial charge in [-0.05, 0) is 18.2 Å². The van der Waals surface area contributed by atoms with Crippen molar-refractivity contribution in [3.8, 4) is 0 Å². The summed E-state index contributed by atoms with van der Waals surface area (Å²) in [4.78, 5) is 22.4. The molecule has 1 fully saturated rings. The van der Waals surface area contributed by atoms with Crippen LogP contribution in [0.15, 0.2) is 18.2 Å². The van der Waals surface area contributed by atoms with Gasteiger partial charge in [-0.3, -0.25) is 4.79 Å². The zero-order valence-electron chi connectivity index (χ0n) is 9.98. The van der Waals surface area contributed by atoms with E-state index >= 15 is 0 Å². The topological polar surface area (TPSA) is 87.7 Å². The van der Waals surface area contributed by atoms with Crippen molar-refractivity contribution in [2.24, 2.45) is 0 Å². The third-order valence-corrected chi connectivity index (χ3v) is 2.69. The lowest BCUT2D eigenvalue weighted by atomic mass is 10.2. The lowest BCUT2D eigenvalue weighted by Gasteiger charge is -2.22. The monoisotopic (exact) mass is 268 g/mol. The van der Waals surface area contributed by atoms with Gasteiger partial charge < -0.3 is 20.5 Å². The predicted molar refractivity (Wildman–Crippen MR) is 64.6 cm³/mol. The van der Waals surface area contributed by atoms with E-state index in [2.05, 4.69) is 10.6 Å². The molecule has 1 unspecified atom stereocenters. The van der Waals surface area contributed by atoms with Crippen molar-refractivity contribution in [3.05, 3.63) is 29.6 Å². The van der Waals surface area contributed by atoms with Gasteiger partial charge in [-0.25, -0.2) is 9.18 Å². The molecule has 1 atom stereocenters. The molecular weight excluding hydrogens is 255 g/mol. The number of anilines is 1. The fourth-order valence-corrected chi connectivity index (χ4v) is 1.70. The normalized spacial score (nSPS) is 18.9. The van der Waals surface area contributed by atoms with E-state index in [1.165, 1.54) is 12.1 Å². The smallest absolute Gasteiger partial charge is 0.335 e. The number of nitrogens with one attached hydrogen (secondary N) is 2. The molecule has 1 saturated heterocycles. The highest BCUT2D eigenvalue weighted by atomic mass is 19.1. The average Bonchev–Trinajstić information content (AvgIpc) is 2.41. The Morgan fingerprint density at radius 1 is 1.47 bits per heavy atom. The Balaban J connectivity index is 2.06. The molecule has 1 aromatic carbocycles. The van der Waals surface area contributed by atoms with Crippen LogP contribution in [0.3, 0.4) is 0 Å². The first kappa shape index (κ1) is 13.4. The number of rotatable bonds is 3. The largest absolute Gasteiger partial charge is 0.478 e. The standard InChI is InChI=1S/C12H13FN2O4/c13-8-5-7(12(17)18)1-2-9(8)15-11(16)10-6-14-3-4-19-10/h1-2,5,10,14H,3-4,6H2,(H,15,16)(H,17,18). The molecule has 2 rings (SSSR count). The van der Waals surface area contributed by atoms with E-state index in [4.69, 9.17) is 9.84 Å². The van der Waals surface area contributed by atoms with Crippen molar-refractivity contribution in [2.45, 2.75) is 6.10 Å². The molecule has 3 N–H and O–H groups in total. The third-order valence-electron chi connectivity index (χ3n) is 2.69. The SMILES string of the molecule is O=C(O)c1ccc(NC(=O)C2CNCCO2)c(F)c1. The molecule has 1 aliphatic heterocycles. The van der Waals surface area contributed by atoms with Crippen molar-refractivity contribution in [1.29, 1.82) is 0 Å². The number of carboxylic acids is 1. The summed E-state index contributed by atoms with van der Waals surface area (Å²) in [5.74, 6) is -2.48. The molecular formula is C12H13FN2O4. The molecule has 6 nitrogen and oxygen atoms in total. The lowest BCUT2D eigenvalue weighted by molar-refractivity contribution is -0.128. The molecule has 0 aliphatic carbocycles. The van der Waals surface area contributed by atoms with Crippen LogP contribution in [0.4, 0.5) is 10.1 Å². The van der Waals surface area contributed by atoms with Gasteiger partial charge in [0.1, 0.15) is 11.9 Å². The van der Waals surface area contributed by atoms with Gasteiger partial charge in [0.25, 0.3) is 5.91 Å². The van der Waals surface area contributed by atoms with E-state index in [0.29, 0.717) is 19.7 Å². The number of carbonyl (C=O) groups is 2. The predicted octanol–water partition coefficient (Wildman–Crippen LogP) is 0.451. The first-order chi connectivity index (χ1) is 9.08. The van der Waals surface area contributed by atoms with Crippen LogP contribution in [-0.4, -0.2) is 42.8 Å². The summed E-state index contributed by atoms with van der Waals surface area (Å²) in [6.45, 7) is 1.45. The summed E-state index contributed by atoms with van der Waals surface area (Å²) < 4.78 is 18.8. The second kappa shape index (κ2) is 5.77. The molecule has 0 aromatic heterocycles. The number of morpholine rings is 1. The fraction of sp³-hybridized carbons (Fsp3) is 0.333. The van der Waals surface area contributed by atoms with Crippen molar-refractivity contribution in [2.75, 3.05) is 25.0 Å². The molecule has 1 aromatic rings. The second-order valence-corrected chi connectivity index (χ2v) is 4.05. The highest BCUT2D eigenvalue weighted by Crippen LogP contribution is 2.16. The quantitative estimate of drug-likeness (QED) is 0.741. The van der Waals surface area contributed by atoms with Gasteiger partial charge in [0.2, 0.25) is 0 Å². The number of ether oxygens (including phenoxy) is 1. The van der Waals surface area contributed by atoms with Crippen molar-refractivity contribution >= 4 is 17.6 Å². The number of benzene rings is 1. The summed E-state index contributed by atoms with van der Waals surface area (Å²) in [7, 11) is 0. The average molecular weight is 268 g/mol. The third kappa shape index (κ3) is 3.27. The minimum absolute atomic E-state index is 0.0656. The van der Waals surface area contributed by atoms with E-state index in [1.54, 1.807) is 0 Å². The molecule has 1 heterocycles. The van der Waals surface area contributed by atoms with E-state index in [1.807, 2.05) is 0 Å². The van der Waals surface area contributed by atoms with Crippen molar-refractivity contribution in [3.63, 3.8) is 0 Å². The van der Waals surface area contributed by atoms with Gasteiger partial charge in [0, 0.05) is 13.1 Å². The van der Waals surface area contributed by atoms with E-state index < -0.39 is 23.8 Å². The van der Waals surface area contributed by atoms with Crippen LogP contribution < -0.4 is 10.6 Å². The maximum Gasteiger partial charge on any atom is 0.335 e. The highest BCUT2D eigenvalue weighted by molar-refractivity contribution is 5.95. The van der Waals surface area contributed by atoms with E-state index in [-0.39, 0.29) is 11.3 Å². The first-order valence-electron chi connectivity index (χ1n) is 5.74. The van der Waals surface area contributed by atoms with Gasteiger partial charge in [-0.1, -0.05) is 0 Å². The molecule has 102 valence electrons. The van der Waals surface area contributed by atoms with Gasteiger partial charge in [0.05, 0.1) is 17.9 Å². The molecule has 7 heteroatoms. The Hall–Kier alpha value is -1.99. The summed E-state index contributed by atoms with van der Waals surface area (Å²) in [5.41, 5.74) is -0.241. The molecule has 0 saturated carbocycles. The lowest BCUT2D eigenvalue weighted by Crippen LogP contribution is -2.45. The number of amides is 1. The number of carboxylic acid groups (broad SMARTS) is 1. The number of aromatic carboxylic acids is 1. The molecule has 0 radical (unpaired) electrons. The summed E-state index contributed by atoms with van der Waals surface area (Å²) in [6, 6.07) is 3.30. The Morgan fingerprint density at radius 3 is 2.84 bits per heavy atom. The van der Waals surface area contributed by atoms with Crippen LogP contribution in [0, 0.1) is 5.82 Å². The van der Waals surface area contributed by atoms with Crippen LogP contribution in [0.5, 0.6) is 0 Å². The summed E-state index contributed by atoms with van der Waals surface area (Å²) >= 11 is 0. The van der Waals surface area contributed by atoms with E-state index in [9.17, 15) is 14.0 Å². The van der Waals surface area contributed by atoms with Gasteiger partial charge in [-0.2, -0.15) is 0 Å². The molecule has 0 bridgehead atoms. The second-order valence-electron chi connectivity index (χ2n) is 4.05. The number of halogens is 1. The zero-order chi connectivity index (χ0) is 13.8. The number of hydrogen-bond acceptors (Lipinski definition) is 4. The van der Waals surface area contributed by atoms with Crippen molar-refractivity contribution in [1.82, 2.24) is 5.32 Å². The molecule has 1 amide bonds. The Bertz CT molecular complexity index is 501. The van der Waals surface area contributed by atoms with Crippen LogP contribution in [0.25, 0.3) is 0 Å². The van der Waals surface area contributed by atoms with Crippen LogP contribution in [0.1, 0.15) is 10.4 Å². The maximum absolute atomic E-state index is 13.6. The Labute approximate surface area is 108 Å². The first-order valence-corrected chi connectivity index (χ1v) is 5.74. The van der Waals surface area contributed by atoms with Gasteiger partial charge in [-0.15, -0.1) is 0 Å². The number of hydrogen-bond donors (Lipinski definition) is 3. The van der Waals surface area contributed by atoms with E-state index in [0.717, 1.165) is 6.07 Å². The minimum Gasteiger partial charge on any atom is -0.478 e. The Kier molecular flexibility index (Phi) is 4.08. The van der Waals surface area contributed by atoms with Crippen LogP contribution in [0.2, 0.25) is 0 Å². The molecule has 19 heavy (non-hydrogen) atoms. The zero-order valence-corrected chi connectivity index (χ0v) is 9.98. The fourth-order valence-electron chi connectivity index (χ4n) is 1.70. The number of carbonyl (C=O) groups excluding carboxylic acids is 1. The highest BCUT2D eigenvalue weighted by Gasteiger charge is 2.22. The van der Waals surface area contributed by atoms with Crippen LogP contribution >= 0.6 is 0 Å². The maximum atomic E-state index is 13.6.